The summed E-state index contributed by atoms with van der Waals surface area (Å²) in [5.41, 5.74) is 3.91. The van der Waals surface area contributed by atoms with E-state index in [9.17, 15) is 4.79 Å². The molecule has 1 atom stereocenters. The van der Waals surface area contributed by atoms with Gasteiger partial charge < -0.3 is 0 Å². The molecule has 1 aromatic rings. The third-order valence-corrected chi connectivity index (χ3v) is 5.04. The van der Waals surface area contributed by atoms with Crippen molar-refractivity contribution in [2.75, 3.05) is 18.8 Å². The van der Waals surface area contributed by atoms with E-state index in [4.69, 9.17) is 5.84 Å². The van der Waals surface area contributed by atoms with Crippen LogP contribution in [0.25, 0.3) is 0 Å². The molecule has 1 saturated heterocycles. The summed E-state index contributed by atoms with van der Waals surface area (Å²) in [5.74, 6) is 6.05. The number of hydrazine groups is 1. The van der Waals surface area contributed by atoms with Crippen molar-refractivity contribution in [3.05, 3.63) is 33.8 Å². The van der Waals surface area contributed by atoms with Crippen LogP contribution in [0, 0.1) is 0 Å². The average Bonchev–Trinajstić information content (AvgIpc) is 2.40. The lowest BCUT2D eigenvalue weighted by Gasteiger charge is -2.30. The topological polar surface area (TPSA) is 58.4 Å². The maximum absolute atomic E-state index is 11.4. The number of rotatable bonds is 3. The zero-order valence-corrected chi connectivity index (χ0v) is 13.3. The van der Waals surface area contributed by atoms with Gasteiger partial charge in [-0.15, -0.1) is 0 Å². The number of thioether (sulfide) groups is 1. The first-order valence-corrected chi connectivity index (χ1v) is 8.07. The highest BCUT2D eigenvalue weighted by Crippen LogP contribution is 2.24. The van der Waals surface area contributed by atoms with E-state index in [0.29, 0.717) is 10.8 Å². The normalized spacial score (nSPS) is 20.3. The Labute approximate surface area is 126 Å². The van der Waals surface area contributed by atoms with Crippen LogP contribution in [-0.2, 0) is 6.54 Å². The Bertz CT molecular complexity index is 469. The first kappa shape index (κ1) is 14.8. The zero-order valence-electron chi connectivity index (χ0n) is 10.9. The SMILES string of the molecule is CC1CN(Cc2ccc(C(=O)NN)cc2Br)CCS1. The number of hydrogen-bond donors (Lipinski definition) is 2. The predicted molar refractivity (Wildman–Crippen MR) is 83.0 cm³/mol. The number of carbonyl (C=O) groups excluding carboxylic acids is 1. The summed E-state index contributed by atoms with van der Waals surface area (Å²) in [6.07, 6.45) is 0. The molecule has 0 radical (unpaired) electrons. The van der Waals surface area contributed by atoms with E-state index in [1.165, 1.54) is 11.3 Å². The second-order valence-corrected chi connectivity index (χ2v) is 7.10. The molecule has 3 N–H and O–H groups in total. The van der Waals surface area contributed by atoms with Crippen LogP contribution in [0.1, 0.15) is 22.8 Å². The Balaban J connectivity index is 2.06. The third-order valence-electron chi connectivity index (χ3n) is 3.17. The number of nitrogens with two attached hydrogens (primary N) is 1. The van der Waals surface area contributed by atoms with E-state index in [1.54, 1.807) is 0 Å². The second-order valence-electron chi connectivity index (χ2n) is 4.70. The fourth-order valence-corrected chi connectivity index (χ4v) is 3.76. The number of amides is 1. The molecule has 19 heavy (non-hydrogen) atoms. The summed E-state index contributed by atoms with van der Waals surface area (Å²) >= 11 is 5.56. The third kappa shape index (κ3) is 3.95. The van der Waals surface area contributed by atoms with Crippen LogP contribution in [0.15, 0.2) is 22.7 Å². The maximum Gasteiger partial charge on any atom is 0.265 e. The van der Waals surface area contributed by atoms with E-state index >= 15 is 0 Å². The van der Waals surface area contributed by atoms with Gasteiger partial charge in [0.25, 0.3) is 5.91 Å². The minimum Gasteiger partial charge on any atom is -0.297 e. The number of halogens is 1. The Morgan fingerprint density at radius 2 is 2.42 bits per heavy atom. The van der Waals surface area contributed by atoms with Gasteiger partial charge in [-0.25, -0.2) is 5.84 Å². The molecule has 1 heterocycles. The van der Waals surface area contributed by atoms with Crippen molar-refractivity contribution in [3.63, 3.8) is 0 Å². The van der Waals surface area contributed by atoms with Crippen LogP contribution in [0.5, 0.6) is 0 Å². The highest BCUT2D eigenvalue weighted by Gasteiger charge is 2.17. The molecule has 104 valence electrons. The van der Waals surface area contributed by atoms with Crippen LogP contribution < -0.4 is 11.3 Å². The quantitative estimate of drug-likeness (QED) is 0.500. The molecule has 1 unspecified atom stereocenters. The molecule has 6 heteroatoms. The zero-order chi connectivity index (χ0) is 13.8. The van der Waals surface area contributed by atoms with Crippen LogP contribution >= 0.6 is 27.7 Å². The lowest BCUT2D eigenvalue weighted by molar-refractivity contribution is 0.0953. The molecular weight excluding hydrogens is 326 g/mol. The highest BCUT2D eigenvalue weighted by atomic mass is 79.9. The van der Waals surface area contributed by atoms with Gasteiger partial charge in [-0.05, 0) is 17.7 Å². The molecule has 0 bridgehead atoms. The maximum atomic E-state index is 11.4. The molecule has 0 aliphatic carbocycles. The molecule has 1 aromatic carbocycles. The lowest BCUT2D eigenvalue weighted by Crippen LogP contribution is -2.36. The number of nitrogen functional groups attached to an aromatic ring is 1. The van der Waals surface area contributed by atoms with Crippen molar-refractivity contribution in [3.8, 4) is 0 Å². The monoisotopic (exact) mass is 343 g/mol. The van der Waals surface area contributed by atoms with Gasteiger partial charge >= 0.3 is 0 Å². The van der Waals surface area contributed by atoms with E-state index in [2.05, 4.69) is 33.2 Å². The Kier molecular flexibility index (Phi) is 5.27. The van der Waals surface area contributed by atoms with Crippen molar-refractivity contribution < 1.29 is 4.79 Å². The van der Waals surface area contributed by atoms with Gasteiger partial charge in [0, 0.05) is 40.7 Å². The number of benzene rings is 1. The van der Waals surface area contributed by atoms with E-state index < -0.39 is 0 Å². The summed E-state index contributed by atoms with van der Waals surface area (Å²) in [5, 5.41) is 0.690. The van der Waals surface area contributed by atoms with Crippen LogP contribution in [0.4, 0.5) is 0 Å². The molecule has 1 aliphatic rings. The fourth-order valence-electron chi connectivity index (χ4n) is 2.18. The van der Waals surface area contributed by atoms with E-state index in [-0.39, 0.29) is 5.91 Å². The molecule has 2 rings (SSSR count). The van der Waals surface area contributed by atoms with E-state index in [1.807, 2.05) is 30.0 Å². The smallest absolute Gasteiger partial charge is 0.265 e. The predicted octanol–water partition coefficient (Wildman–Crippen LogP) is 1.99. The molecular formula is C13H18BrN3OS. The molecule has 1 aliphatic heterocycles. The largest absolute Gasteiger partial charge is 0.297 e. The fraction of sp³-hybridized carbons (Fsp3) is 0.462. The number of nitrogens with one attached hydrogen (secondary N) is 1. The highest BCUT2D eigenvalue weighted by molar-refractivity contribution is 9.10. The Hall–Kier alpha value is -0.560. The summed E-state index contributed by atoms with van der Waals surface area (Å²) in [4.78, 5) is 13.9. The van der Waals surface area contributed by atoms with Gasteiger partial charge in [-0.3, -0.25) is 15.1 Å². The van der Waals surface area contributed by atoms with Gasteiger partial charge in [0.1, 0.15) is 0 Å². The minimum atomic E-state index is -0.268. The van der Waals surface area contributed by atoms with Gasteiger partial charge in [0.05, 0.1) is 0 Å². The van der Waals surface area contributed by atoms with Crippen molar-refractivity contribution in [2.45, 2.75) is 18.7 Å². The molecule has 0 aromatic heterocycles. The second kappa shape index (κ2) is 6.74. The summed E-state index contributed by atoms with van der Waals surface area (Å²) < 4.78 is 0.958. The van der Waals surface area contributed by atoms with Gasteiger partial charge in [-0.1, -0.05) is 28.9 Å². The molecule has 1 amide bonds. The Morgan fingerprint density at radius 1 is 1.63 bits per heavy atom. The van der Waals surface area contributed by atoms with Crippen molar-refractivity contribution in [1.29, 1.82) is 0 Å². The molecule has 4 nitrogen and oxygen atoms in total. The first-order chi connectivity index (χ1) is 9.10. The molecule has 0 spiro atoms. The number of nitrogens with zero attached hydrogens (tertiary/aromatic N) is 1. The first-order valence-electron chi connectivity index (χ1n) is 6.23. The van der Waals surface area contributed by atoms with Crippen LogP contribution in [0.2, 0.25) is 0 Å². The van der Waals surface area contributed by atoms with Crippen LogP contribution in [0.3, 0.4) is 0 Å². The molecule has 0 saturated carbocycles. The summed E-state index contributed by atoms with van der Waals surface area (Å²) in [6, 6.07) is 5.62. The van der Waals surface area contributed by atoms with Crippen LogP contribution in [-0.4, -0.2) is 34.9 Å². The number of carbonyl (C=O) groups is 1. The Morgan fingerprint density at radius 3 is 3.05 bits per heavy atom. The van der Waals surface area contributed by atoms with Crippen molar-refractivity contribution in [2.24, 2.45) is 5.84 Å². The van der Waals surface area contributed by atoms with Crippen molar-refractivity contribution >= 4 is 33.6 Å². The minimum absolute atomic E-state index is 0.268. The van der Waals surface area contributed by atoms with Crippen molar-refractivity contribution in [1.82, 2.24) is 10.3 Å². The van der Waals surface area contributed by atoms with Gasteiger partial charge in [0.2, 0.25) is 0 Å². The molecule has 1 fully saturated rings. The lowest BCUT2D eigenvalue weighted by atomic mass is 10.1. The number of hydrogen-bond acceptors (Lipinski definition) is 4. The average molecular weight is 344 g/mol. The summed E-state index contributed by atoms with van der Waals surface area (Å²) in [7, 11) is 0. The van der Waals surface area contributed by atoms with Gasteiger partial charge in [0.15, 0.2) is 0 Å². The van der Waals surface area contributed by atoms with Gasteiger partial charge in [-0.2, -0.15) is 11.8 Å². The summed E-state index contributed by atoms with van der Waals surface area (Å²) in [6.45, 7) is 5.41. The standard InChI is InChI=1S/C13H18BrN3OS/c1-9-7-17(4-5-19-9)8-11-3-2-10(6-12(11)14)13(18)16-15/h2-3,6,9H,4-5,7-8,15H2,1H3,(H,16,18). The van der Waals surface area contributed by atoms with E-state index in [0.717, 1.165) is 24.1 Å².